The Morgan fingerprint density at radius 1 is 1.10 bits per heavy atom. The number of para-hydroxylation sites is 1. The van der Waals surface area contributed by atoms with Gasteiger partial charge in [0.15, 0.2) is 0 Å². The number of carbonyl (C=O) groups is 2. The van der Waals surface area contributed by atoms with E-state index in [1.165, 1.54) is 0 Å². The molecular weight excluding hydrogens is 394 g/mol. The van der Waals surface area contributed by atoms with Gasteiger partial charge in [0, 0.05) is 24.7 Å². The van der Waals surface area contributed by atoms with Crippen LogP contribution in [-0.4, -0.2) is 35.2 Å². The summed E-state index contributed by atoms with van der Waals surface area (Å²) < 4.78 is 7.43. The molecule has 4 N–H and O–H groups in total. The molecule has 0 unspecified atom stereocenters. The van der Waals surface area contributed by atoms with Gasteiger partial charge in [0.25, 0.3) is 5.91 Å². The van der Waals surface area contributed by atoms with Gasteiger partial charge in [-0.2, -0.15) is 5.10 Å². The summed E-state index contributed by atoms with van der Waals surface area (Å²) in [6, 6.07) is 16.7. The number of anilines is 1. The zero-order valence-corrected chi connectivity index (χ0v) is 17.5. The van der Waals surface area contributed by atoms with Gasteiger partial charge in [0.2, 0.25) is 5.91 Å². The number of aromatic nitrogens is 2. The van der Waals surface area contributed by atoms with E-state index in [1.54, 1.807) is 30.8 Å². The minimum absolute atomic E-state index is 0.234. The van der Waals surface area contributed by atoms with E-state index in [0.717, 1.165) is 11.3 Å². The standard InChI is InChI=1S/C23H25N5O3/c1-15(2)23(30)26-13-14-28-22(25-3)19(21(24)29)20(27-28)16-9-11-18(12-10-16)31-17-7-5-4-6-8-17/h4-12,25H,1,13-14H2,2-3H3,(H2,24,29)(H,26,30). The lowest BCUT2D eigenvalue weighted by molar-refractivity contribution is -0.117. The second-order valence-corrected chi connectivity index (χ2v) is 6.89. The number of carbonyl (C=O) groups excluding carboxylic acids is 2. The van der Waals surface area contributed by atoms with Crippen molar-refractivity contribution >= 4 is 17.6 Å². The van der Waals surface area contributed by atoms with E-state index < -0.39 is 5.91 Å². The number of amides is 2. The third-order valence-corrected chi connectivity index (χ3v) is 4.54. The third kappa shape index (κ3) is 5.11. The number of hydrogen-bond acceptors (Lipinski definition) is 5. The molecule has 0 bridgehead atoms. The van der Waals surface area contributed by atoms with Crippen LogP contribution in [0.2, 0.25) is 0 Å². The van der Waals surface area contributed by atoms with Crippen molar-refractivity contribution < 1.29 is 14.3 Å². The average molecular weight is 419 g/mol. The maximum absolute atomic E-state index is 12.2. The zero-order chi connectivity index (χ0) is 22.4. The van der Waals surface area contributed by atoms with Gasteiger partial charge in [-0.1, -0.05) is 24.8 Å². The van der Waals surface area contributed by atoms with Crippen molar-refractivity contribution in [2.75, 3.05) is 18.9 Å². The summed E-state index contributed by atoms with van der Waals surface area (Å²) in [7, 11) is 1.69. The van der Waals surface area contributed by atoms with Gasteiger partial charge in [-0.25, -0.2) is 4.68 Å². The van der Waals surface area contributed by atoms with Crippen LogP contribution < -0.4 is 21.1 Å². The van der Waals surface area contributed by atoms with Crippen LogP contribution in [0.5, 0.6) is 11.5 Å². The Morgan fingerprint density at radius 2 is 1.74 bits per heavy atom. The van der Waals surface area contributed by atoms with Gasteiger partial charge in [-0.05, 0) is 43.3 Å². The minimum Gasteiger partial charge on any atom is -0.457 e. The Morgan fingerprint density at radius 3 is 2.32 bits per heavy atom. The van der Waals surface area contributed by atoms with Crippen molar-refractivity contribution in [1.82, 2.24) is 15.1 Å². The van der Waals surface area contributed by atoms with Gasteiger partial charge in [-0.15, -0.1) is 0 Å². The van der Waals surface area contributed by atoms with Crippen molar-refractivity contribution in [2.45, 2.75) is 13.5 Å². The van der Waals surface area contributed by atoms with E-state index in [0.29, 0.717) is 35.9 Å². The third-order valence-electron chi connectivity index (χ3n) is 4.54. The molecule has 8 heteroatoms. The summed E-state index contributed by atoms with van der Waals surface area (Å²) in [4.78, 5) is 23.9. The molecule has 0 radical (unpaired) electrons. The molecule has 0 saturated heterocycles. The molecule has 0 saturated carbocycles. The fourth-order valence-electron chi connectivity index (χ4n) is 3.04. The molecule has 0 aliphatic heterocycles. The number of rotatable bonds is 9. The maximum atomic E-state index is 12.2. The quantitative estimate of drug-likeness (QED) is 0.461. The van der Waals surface area contributed by atoms with Crippen LogP contribution in [-0.2, 0) is 11.3 Å². The molecule has 1 aromatic heterocycles. The Hall–Kier alpha value is -4.07. The molecule has 2 aromatic carbocycles. The molecule has 0 aliphatic rings. The summed E-state index contributed by atoms with van der Waals surface area (Å²) in [5, 5.41) is 10.3. The van der Waals surface area contributed by atoms with Crippen LogP contribution >= 0.6 is 0 Å². The van der Waals surface area contributed by atoms with Crippen molar-refractivity contribution in [3.63, 3.8) is 0 Å². The van der Waals surface area contributed by atoms with E-state index in [1.807, 2.05) is 42.5 Å². The molecule has 0 spiro atoms. The van der Waals surface area contributed by atoms with Gasteiger partial charge in [-0.3, -0.25) is 9.59 Å². The van der Waals surface area contributed by atoms with Crippen LogP contribution in [0.4, 0.5) is 5.82 Å². The van der Waals surface area contributed by atoms with E-state index >= 15 is 0 Å². The highest BCUT2D eigenvalue weighted by atomic mass is 16.5. The van der Waals surface area contributed by atoms with Crippen LogP contribution in [0, 0.1) is 0 Å². The lowest BCUT2D eigenvalue weighted by Crippen LogP contribution is -2.28. The number of ether oxygens (including phenoxy) is 1. The van der Waals surface area contributed by atoms with Crippen LogP contribution in [0.3, 0.4) is 0 Å². The molecule has 3 rings (SSSR count). The van der Waals surface area contributed by atoms with Crippen LogP contribution in [0.25, 0.3) is 11.3 Å². The first kappa shape index (κ1) is 21.6. The first-order valence-corrected chi connectivity index (χ1v) is 9.76. The second-order valence-electron chi connectivity index (χ2n) is 6.89. The van der Waals surface area contributed by atoms with E-state index in [9.17, 15) is 9.59 Å². The fraction of sp³-hybridized carbons (Fsp3) is 0.174. The molecule has 0 aliphatic carbocycles. The second kappa shape index (κ2) is 9.62. The molecule has 0 atom stereocenters. The summed E-state index contributed by atoms with van der Waals surface area (Å²) >= 11 is 0. The topological polar surface area (TPSA) is 111 Å². The Labute approximate surface area is 180 Å². The van der Waals surface area contributed by atoms with Crippen molar-refractivity contribution in [2.24, 2.45) is 5.73 Å². The number of benzene rings is 2. The Kier molecular flexibility index (Phi) is 6.71. The van der Waals surface area contributed by atoms with Gasteiger partial charge >= 0.3 is 0 Å². The summed E-state index contributed by atoms with van der Waals surface area (Å²) in [5.41, 5.74) is 7.53. The first-order valence-electron chi connectivity index (χ1n) is 9.76. The predicted molar refractivity (Wildman–Crippen MR) is 120 cm³/mol. The Bertz CT molecular complexity index is 1090. The fourth-order valence-corrected chi connectivity index (χ4v) is 3.04. The summed E-state index contributed by atoms with van der Waals surface area (Å²) in [6.45, 7) is 5.92. The lowest BCUT2D eigenvalue weighted by Gasteiger charge is -2.09. The molecule has 3 aromatic rings. The van der Waals surface area contributed by atoms with Crippen molar-refractivity contribution in [1.29, 1.82) is 0 Å². The van der Waals surface area contributed by atoms with Crippen LogP contribution in [0.15, 0.2) is 66.7 Å². The Balaban J connectivity index is 1.85. The number of primary amides is 1. The van der Waals surface area contributed by atoms with E-state index in [4.69, 9.17) is 10.5 Å². The highest BCUT2D eigenvalue weighted by Crippen LogP contribution is 2.30. The minimum atomic E-state index is -0.596. The maximum Gasteiger partial charge on any atom is 0.254 e. The number of nitrogens with zero attached hydrogens (tertiary/aromatic N) is 2. The van der Waals surface area contributed by atoms with E-state index in [-0.39, 0.29) is 11.5 Å². The van der Waals surface area contributed by atoms with Gasteiger partial charge in [0.1, 0.15) is 28.6 Å². The lowest BCUT2D eigenvalue weighted by atomic mass is 10.1. The predicted octanol–water partition coefficient (Wildman–Crippen LogP) is 3.18. The molecule has 160 valence electrons. The first-order chi connectivity index (χ1) is 14.9. The van der Waals surface area contributed by atoms with Gasteiger partial charge < -0.3 is 21.1 Å². The zero-order valence-electron chi connectivity index (χ0n) is 17.5. The molecule has 0 fully saturated rings. The van der Waals surface area contributed by atoms with Gasteiger partial charge in [0.05, 0.1) is 6.54 Å². The summed E-state index contributed by atoms with van der Waals surface area (Å²) in [6.07, 6.45) is 0. The molecule has 8 nitrogen and oxygen atoms in total. The van der Waals surface area contributed by atoms with E-state index in [2.05, 4.69) is 22.3 Å². The number of hydrogen-bond donors (Lipinski definition) is 3. The smallest absolute Gasteiger partial charge is 0.254 e. The average Bonchev–Trinajstić information content (AvgIpc) is 3.13. The molecular formula is C23H25N5O3. The monoisotopic (exact) mass is 419 g/mol. The SMILES string of the molecule is C=C(C)C(=O)NCCn1nc(-c2ccc(Oc3ccccc3)cc2)c(C(N)=O)c1NC. The van der Waals surface area contributed by atoms with Crippen molar-refractivity contribution in [3.8, 4) is 22.8 Å². The highest BCUT2D eigenvalue weighted by Gasteiger charge is 2.22. The summed E-state index contributed by atoms with van der Waals surface area (Å²) in [5.74, 6) is 1.04. The normalized spacial score (nSPS) is 10.4. The molecule has 2 amide bonds. The number of nitrogens with two attached hydrogens (primary N) is 1. The largest absolute Gasteiger partial charge is 0.457 e. The molecule has 31 heavy (non-hydrogen) atoms. The highest BCUT2D eigenvalue weighted by molar-refractivity contribution is 6.03. The molecule has 1 heterocycles. The number of nitrogens with one attached hydrogen (secondary N) is 2. The van der Waals surface area contributed by atoms with Crippen LogP contribution in [0.1, 0.15) is 17.3 Å². The van der Waals surface area contributed by atoms with Crippen molar-refractivity contribution in [3.05, 3.63) is 72.3 Å².